The molecule has 1 aromatic heterocycles. The highest BCUT2D eigenvalue weighted by molar-refractivity contribution is 5.90. The van der Waals surface area contributed by atoms with E-state index in [-0.39, 0.29) is 17.5 Å². The molecule has 4 heteroatoms. The molecule has 212 valence electrons. The molecule has 0 saturated heterocycles. The molecule has 1 aliphatic carbocycles. The van der Waals surface area contributed by atoms with E-state index in [4.69, 9.17) is 4.74 Å². The highest BCUT2D eigenvalue weighted by Gasteiger charge is 2.36. The molecular weight excluding hydrogens is 480 g/mol. The fourth-order valence-electron chi connectivity index (χ4n) is 5.77. The first kappa shape index (κ1) is 30.9. The third-order valence-corrected chi connectivity index (χ3v) is 8.47. The van der Waals surface area contributed by atoms with Gasteiger partial charge in [0.2, 0.25) is 0 Å². The quantitative estimate of drug-likeness (QED) is 0.151. The van der Waals surface area contributed by atoms with E-state index < -0.39 is 0 Å². The van der Waals surface area contributed by atoms with E-state index in [1.165, 1.54) is 76.2 Å². The van der Waals surface area contributed by atoms with Crippen LogP contribution in [0, 0.1) is 16.7 Å². The summed E-state index contributed by atoms with van der Waals surface area (Å²) in [6, 6.07) is 14.5. The van der Waals surface area contributed by atoms with Crippen molar-refractivity contribution in [1.29, 1.82) is 5.26 Å². The molecule has 39 heavy (non-hydrogen) atoms. The molecule has 0 aliphatic heterocycles. The molecule has 0 N–H and O–H groups in total. The predicted octanol–water partition coefficient (Wildman–Crippen LogP) is 10.0. The molecule has 1 heterocycles. The molecule has 1 aliphatic rings. The third-order valence-electron chi connectivity index (χ3n) is 8.47. The Labute approximate surface area is 237 Å². The third kappa shape index (κ3) is 10.4. The number of esters is 1. The van der Waals surface area contributed by atoms with Crippen LogP contribution in [0.4, 0.5) is 0 Å². The van der Waals surface area contributed by atoms with Gasteiger partial charge in [-0.05, 0) is 68.7 Å². The number of carbonyl (C=O) groups excluding carboxylic acids is 1. The Hall–Kier alpha value is -2.67. The van der Waals surface area contributed by atoms with Crippen LogP contribution in [0.2, 0.25) is 0 Å². The first-order valence-corrected chi connectivity index (χ1v) is 15.8. The summed E-state index contributed by atoms with van der Waals surface area (Å²) in [5.41, 5.74) is 3.56. The number of nitrogens with zero attached hydrogens (tertiary/aromatic N) is 2. The number of benzene rings is 1. The predicted molar refractivity (Wildman–Crippen MR) is 160 cm³/mol. The van der Waals surface area contributed by atoms with E-state index in [1.807, 2.05) is 30.5 Å². The maximum Gasteiger partial charge on any atom is 0.338 e. The van der Waals surface area contributed by atoms with Crippen LogP contribution in [-0.2, 0) is 11.2 Å². The van der Waals surface area contributed by atoms with Crippen LogP contribution < -0.4 is 0 Å². The van der Waals surface area contributed by atoms with Crippen LogP contribution in [0.25, 0.3) is 11.3 Å². The summed E-state index contributed by atoms with van der Waals surface area (Å²) in [5, 5.41) is 9.84. The van der Waals surface area contributed by atoms with Crippen molar-refractivity contribution in [2.75, 3.05) is 0 Å². The Balaban J connectivity index is 1.41. The molecule has 4 nitrogen and oxygen atoms in total. The molecule has 1 fully saturated rings. The van der Waals surface area contributed by atoms with Gasteiger partial charge in [0.25, 0.3) is 0 Å². The zero-order valence-electron chi connectivity index (χ0n) is 24.6. The molecule has 1 saturated carbocycles. The second kappa shape index (κ2) is 17.1. The highest BCUT2D eigenvalue weighted by Crippen LogP contribution is 2.41. The van der Waals surface area contributed by atoms with E-state index in [0.29, 0.717) is 5.56 Å². The molecular formula is C35H50N2O2. The standard InChI is InChI=1S/C35H50N2O2/c1-3-5-7-9-10-11-13-15-29-16-21-33(37-27-29)30-17-19-31(20-18-30)34(38)39-32-22-25-35(28-36,26-23-32)24-14-12-8-6-4-2/h16-21,27,32H,3-15,22-26H2,1-2H3. The molecule has 1 aromatic carbocycles. The summed E-state index contributed by atoms with van der Waals surface area (Å²) in [6.45, 7) is 4.48. The zero-order valence-corrected chi connectivity index (χ0v) is 24.6. The van der Waals surface area contributed by atoms with Gasteiger partial charge in [0.05, 0.1) is 22.7 Å². The van der Waals surface area contributed by atoms with Gasteiger partial charge in [-0.15, -0.1) is 0 Å². The minimum Gasteiger partial charge on any atom is -0.459 e. The zero-order chi connectivity index (χ0) is 27.8. The van der Waals surface area contributed by atoms with Gasteiger partial charge in [0, 0.05) is 11.8 Å². The lowest BCUT2D eigenvalue weighted by Gasteiger charge is -2.34. The molecule has 0 atom stereocenters. The Morgan fingerprint density at radius 2 is 1.49 bits per heavy atom. The van der Waals surface area contributed by atoms with Crippen LogP contribution in [-0.4, -0.2) is 17.1 Å². The fourth-order valence-corrected chi connectivity index (χ4v) is 5.77. The molecule has 3 rings (SSSR count). The average molecular weight is 531 g/mol. The number of unbranched alkanes of at least 4 members (excludes halogenated alkanes) is 10. The van der Waals surface area contributed by atoms with Gasteiger partial charge in [0.15, 0.2) is 0 Å². The maximum atomic E-state index is 12.8. The van der Waals surface area contributed by atoms with Crippen LogP contribution in [0.3, 0.4) is 0 Å². The minimum absolute atomic E-state index is 0.0932. The number of hydrogen-bond donors (Lipinski definition) is 0. The maximum absolute atomic E-state index is 12.8. The number of pyridine rings is 1. The lowest BCUT2D eigenvalue weighted by Crippen LogP contribution is -2.31. The number of nitriles is 1. The number of carbonyl (C=O) groups is 1. The number of aromatic nitrogens is 1. The van der Waals surface area contributed by atoms with Gasteiger partial charge < -0.3 is 4.74 Å². The minimum atomic E-state index is -0.270. The summed E-state index contributed by atoms with van der Waals surface area (Å²) in [6.07, 6.45) is 22.5. The smallest absolute Gasteiger partial charge is 0.338 e. The van der Waals surface area contributed by atoms with E-state index in [0.717, 1.165) is 56.2 Å². The lowest BCUT2D eigenvalue weighted by atomic mass is 9.71. The van der Waals surface area contributed by atoms with E-state index in [9.17, 15) is 10.1 Å². The topological polar surface area (TPSA) is 63.0 Å². The molecule has 0 radical (unpaired) electrons. The van der Waals surface area contributed by atoms with Crippen LogP contribution in [0.1, 0.15) is 139 Å². The van der Waals surface area contributed by atoms with Crippen molar-refractivity contribution in [2.45, 2.75) is 136 Å². The average Bonchev–Trinajstić information content (AvgIpc) is 2.98. The Kier molecular flexibility index (Phi) is 13.5. The summed E-state index contributed by atoms with van der Waals surface area (Å²) in [5.74, 6) is -0.270. The van der Waals surface area contributed by atoms with Crippen LogP contribution >= 0.6 is 0 Å². The van der Waals surface area contributed by atoms with Gasteiger partial charge >= 0.3 is 5.97 Å². The summed E-state index contributed by atoms with van der Waals surface area (Å²) < 4.78 is 5.84. The van der Waals surface area contributed by atoms with Crippen molar-refractivity contribution < 1.29 is 9.53 Å². The summed E-state index contributed by atoms with van der Waals surface area (Å²) in [4.78, 5) is 17.5. The van der Waals surface area contributed by atoms with Gasteiger partial charge in [-0.25, -0.2) is 4.79 Å². The van der Waals surface area contributed by atoms with Gasteiger partial charge in [-0.2, -0.15) is 5.26 Å². The van der Waals surface area contributed by atoms with Crippen molar-refractivity contribution in [2.24, 2.45) is 5.41 Å². The Morgan fingerprint density at radius 3 is 2.08 bits per heavy atom. The number of aryl methyl sites for hydroxylation is 1. The van der Waals surface area contributed by atoms with Crippen LogP contribution in [0.15, 0.2) is 42.6 Å². The number of hydrogen-bond acceptors (Lipinski definition) is 4. The Morgan fingerprint density at radius 1 is 0.872 bits per heavy atom. The molecule has 0 amide bonds. The summed E-state index contributed by atoms with van der Waals surface area (Å²) >= 11 is 0. The SMILES string of the molecule is CCCCCCCCCc1ccc(-c2ccc(C(=O)OC3CCC(C#N)(CCCCCCC)CC3)cc2)nc1. The molecule has 2 aromatic rings. The first-order valence-electron chi connectivity index (χ1n) is 15.8. The monoisotopic (exact) mass is 530 g/mol. The van der Waals surface area contributed by atoms with Crippen LogP contribution in [0.5, 0.6) is 0 Å². The second-order valence-corrected chi connectivity index (χ2v) is 11.7. The Bertz CT molecular complexity index is 998. The van der Waals surface area contributed by atoms with E-state index in [1.54, 1.807) is 0 Å². The van der Waals surface area contributed by atoms with Gasteiger partial charge in [0.1, 0.15) is 6.10 Å². The van der Waals surface area contributed by atoms with Crippen molar-refractivity contribution in [3.63, 3.8) is 0 Å². The normalized spacial score (nSPS) is 18.9. The van der Waals surface area contributed by atoms with Crippen molar-refractivity contribution >= 4 is 5.97 Å². The molecule has 0 spiro atoms. The van der Waals surface area contributed by atoms with Gasteiger partial charge in [-0.3, -0.25) is 4.98 Å². The van der Waals surface area contributed by atoms with Gasteiger partial charge in [-0.1, -0.05) is 103 Å². The van der Waals surface area contributed by atoms with E-state index >= 15 is 0 Å². The number of rotatable bonds is 17. The molecule has 0 unspecified atom stereocenters. The largest absolute Gasteiger partial charge is 0.459 e. The fraction of sp³-hybridized carbons (Fsp3) is 0.629. The summed E-state index contributed by atoms with van der Waals surface area (Å²) in [7, 11) is 0. The van der Waals surface area contributed by atoms with Crippen molar-refractivity contribution in [3.05, 3.63) is 53.7 Å². The lowest BCUT2D eigenvalue weighted by molar-refractivity contribution is 0.0105. The number of ether oxygens (including phenoxy) is 1. The van der Waals surface area contributed by atoms with E-state index in [2.05, 4.69) is 37.0 Å². The first-order chi connectivity index (χ1) is 19.1. The highest BCUT2D eigenvalue weighted by atomic mass is 16.5. The van der Waals surface area contributed by atoms with Crippen molar-refractivity contribution in [3.8, 4) is 17.3 Å². The van der Waals surface area contributed by atoms with Crippen molar-refractivity contribution in [1.82, 2.24) is 4.98 Å². The molecule has 0 bridgehead atoms. The second-order valence-electron chi connectivity index (χ2n) is 11.7.